The Balaban J connectivity index is 3.36. The summed E-state index contributed by atoms with van der Waals surface area (Å²) < 4.78 is 10.8. The van der Waals surface area contributed by atoms with Gasteiger partial charge in [0.05, 0.1) is 6.61 Å². The Morgan fingerprint density at radius 1 is 0.291 bits per heavy atom. The minimum atomic E-state index is -0.769. The molecular weight excluding hydrogens is 969 g/mol. The molecule has 0 aromatic carbocycles. The molecule has 468 valence electrons. The molecule has 1 N–H and O–H groups in total. The standard InChI is InChI=1S/C74H142O5/c1-3-5-7-9-11-13-15-17-19-21-23-25-27-29-31-33-35-36-37-39-40-42-44-46-48-50-52-54-56-58-60-62-64-66-68-73(76)78-71-72(70-75)79-74(77)69-67-65-63-61-59-57-55-53-51-49-47-45-43-41-38-34-32-30-28-26-24-22-20-18-16-14-12-10-8-6-4-2/h16,18,22,24,72,75H,3-15,17,19-21,23,25-71H2,1-2H3/b18-16-,24-22-. The lowest BCUT2D eigenvalue weighted by Gasteiger charge is -2.15. The van der Waals surface area contributed by atoms with Crippen LogP contribution in [0.4, 0.5) is 0 Å². The van der Waals surface area contributed by atoms with Crippen molar-refractivity contribution < 1.29 is 24.2 Å². The summed E-state index contributed by atoms with van der Waals surface area (Å²) in [4.78, 5) is 24.7. The number of ether oxygens (including phenoxy) is 2. The van der Waals surface area contributed by atoms with E-state index in [2.05, 4.69) is 38.2 Å². The van der Waals surface area contributed by atoms with Crippen molar-refractivity contribution in [2.24, 2.45) is 0 Å². The average Bonchev–Trinajstić information content (AvgIpc) is 3.45. The highest BCUT2D eigenvalue weighted by Crippen LogP contribution is 2.20. The van der Waals surface area contributed by atoms with Crippen LogP contribution in [-0.2, 0) is 19.1 Å². The SMILES string of the molecule is CCCCCCC/C=C\C/C=C\CCCCCCCCCCCCCCCCCCCCCC(=O)OC(CO)COC(=O)CCCCCCCCCCCCCCCCCCCCCCCCCCCCCCCCCCCC. The van der Waals surface area contributed by atoms with Gasteiger partial charge in [-0.3, -0.25) is 9.59 Å². The number of aliphatic hydroxyl groups is 1. The van der Waals surface area contributed by atoms with E-state index in [4.69, 9.17) is 9.47 Å². The first-order valence-electron chi connectivity index (χ1n) is 36.4. The van der Waals surface area contributed by atoms with Gasteiger partial charge in [0.1, 0.15) is 6.61 Å². The Morgan fingerprint density at radius 3 is 0.747 bits per heavy atom. The van der Waals surface area contributed by atoms with Crippen LogP contribution < -0.4 is 0 Å². The zero-order chi connectivity index (χ0) is 56.9. The minimum Gasteiger partial charge on any atom is -0.462 e. The summed E-state index contributed by atoms with van der Waals surface area (Å²) >= 11 is 0. The van der Waals surface area contributed by atoms with Crippen molar-refractivity contribution in [2.75, 3.05) is 13.2 Å². The summed E-state index contributed by atoms with van der Waals surface area (Å²) in [6, 6.07) is 0. The van der Waals surface area contributed by atoms with Gasteiger partial charge in [0.2, 0.25) is 0 Å². The molecule has 5 nitrogen and oxygen atoms in total. The Morgan fingerprint density at radius 2 is 0.506 bits per heavy atom. The zero-order valence-electron chi connectivity index (χ0n) is 53.9. The number of esters is 2. The molecule has 0 saturated carbocycles. The van der Waals surface area contributed by atoms with E-state index >= 15 is 0 Å². The molecule has 0 aliphatic rings. The first-order valence-corrected chi connectivity index (χ1v) is 36.4. The first-order chi connectivity index (χ1) is 39.1. The van der Waals surface area contributed by atoms with Crippen molar-refractivity contribution in [3.8, 4) is 0 Å². The minimum absolute atomic E-state index is 0.0578. The first kappa shape index (κ1) is 77.4. The second-order valence-corrected chi connectivity index (χ2v) is 25.0. The number of hydrogen-bond acceptors (Lipinski definition) is 5. The maximum atomic E-state index is 12.4. The summed E-state index contributed by atoms with van der Waals surface area (Å²) in [6.07, 6.45) is 92.4. The van der Waals surface area contributed by atoms with E-state index < -0.39 is 6.10 Å². The molecule has 5 heteroatoms. The average molecular weight is 1110 g/mol. The quantitative estimate of drug-likeness (QED) is 0.0373. The van der Waals surface area contributed by atoms with Gasteiger partial charge in [0.25, 0.3) is 0 Å². The fraction of sp³-hybridized carbons (Fsp3) is 0.919. The number of carbonyl (C=O) groups is 2. The Hall–Kier alpha value is -1.62. The van der Waals surface area contributed by atoms with Crippen molar-refractivity contribution in [2.45, 2.75) is 424 Å². The van der Waals surface area contributed by atoms with Crippen molar-refractivity contribution in [3.63, 3.8) is 0 Å². The molecule has 1 atom stereocenters. The fourth-order valence-corrected chi connectivity index (χ4v) is 11.5. The molecule has 0 heterocycles. The van der Waals surface area contributed by atoms with Crippen molar-refractivity contribution in [1.29, 1.82) is 0 Å². The second-order valence-electron chi connectivity index (χ2n) is 25.0. The van der Waals surface area contributed by atoms with Crippen molar-refractivity contribution in [1.82, 2.24) is 0 Å². The molecule has 0 spiro atoms. The van der Waals surface area contributed by atoms with Gasteiger partial charge < -0.3 is 14.6 Å². The number of unbranched alkanes of at least 4 members (excludes halogenated alkanes) is 57. The molecular formula is C74H142O5. The normalized spacial score (nSPS) is 12.2. The zero-order valence-corrected chi connectivity index (χ0v) is 53.9. The molecule has 0 aliphatic heterocycles. The third kappa shape index (κ3) is 68.8. The monoisotopic (exact) mass is 1110 g/mol. The van der Waals surface area contributed by atoms with E-state index in [9.17, 15) is 14.7 Å². The van der Waals surface area contributed by atoms with Crippen LogP contribution in [0.3, 0.4) is 0 Å². The predicted molar refractivity (Wildman–Crippen MR) is 348 cm³/mol. The van der Waals surface area contributed by atoms with Crippen molar-refractivity contribution >= 4 is 11.9 Å². The van der Waals surface area contributed by atoms with E-state index in [1.54, 1.807) is 0 Å². The van der Waals surface area contributed by atoms with Crippen LogP contribution in [0.15, 0.2) is 24.3 Å². The van der Waals surface area contributed by atoms with Crippen LogP contribution in [0, 0.1) is 0 Å². The second kappa shape index (κ2) is 70.6. The highest BCUT2D eigenvalue weighted by Gasteiger charge is 2.16. The lowest BCUT2D eigenvalue weighted by Crippen LogP contribution is -2.28. The molecule has 0 aliphatic carbocycles. The topological polar surface area (TPSA) is 72.8 Å². The largest absolute Gasteiger partial charge is 0.462 e. The van der Waals surface area contributed by atoms with Gasteiger partial charge in [-0.2, -0.15) is 0 Å². The summed E-state index contributed by atoms with van der Waals surface area (Å²) in [6.45, 7) is 4.20. The fourth-order valence-electron chi connectivity index (χ4n) is 11.5. The van der Waals surface area contributed by atoms with Crippen LogP contribution in [-0.4, -0.2) is 36.4 Å². The Kier molecular flexibility index (Phi) is 69.2. The number of rotatable bonds is 69. The highest BCUT2D eigenvalue weighted by atomic mass is 16.6. The number of carbonyl (C=O) groups excluding carboxylic acids is 2. The van der Waals surface area contributed by atoms with Gasteiger partial charge in [0.15, 0.2) is 6.10 Å². The number of allylic oxidation sites excluding steroid dienone is 4. The highest BCUT2D eigenvalue weighted by molar-refractivity contribution is 5.70. The third-order valence-corrected chi connectivity index (χ3v) is 17.0. The van der Waals surface area contributed by atoms with E-state index in [1.807, 2.05) is 0 Å². The van der Waals surface area contributed by atoms with Crippen LogP contribution in [0.2, 0.25) is 0 Å². The number of hydrogen-bond donors (Lipinski definition) is 1. The molecule has 0 bridgehead atoms. The summed E-state index contributed by atoms with van der Waals surface area (Å²) in [7, 11) is 0. The van der Waals surface area contributed by atoms with Gasteiger partial charge in [0, 0.05) is 12.8 Å². The lowest BCUT2D eigenvalue weighted by atomic mass is 10.0. The van der Waals surface area contributed by atoms with Crippen LogP contribution in [0.1, 0.15) is 418 Å². The molecule has 79 heavy (non-hydrogen) atoms. The molecule has 0 fully saturated rings. The van der Waals surface area contributed by atoms with E-state index in [0.717, 1.165) is 38.5 Å². The molecule has 0 radical (unpaired) electrons. The number of aliphatic hydroxyl groups excluding tert-OH is 1. The predicted octanol–water partition coefficient (Wildman–Crippen LogP) is 25.2. The molecule has 0 saturated heterocycles. The van der Waals surface area contributed by atoms with Crippen LogP contribution >= 0.6 is 0 Å². The summed E-state index contributed by atoms with van der Waals surface area (Å²) in [5.74, 6) is -0.562. The van der Waals surface area contributed by atoms with E-state index in [0.29, 0.717) is 12.8 Å². The Bertz CT molecular complexity index is 1210. The molecule has 0 aromatic heterocycles. The van der Waals surface area contributed by atoms with Gasteiger partial charge in [-0.15, -0.1) is 0 Å². The van der Waals surface area contributed by atoms with Gasteiger partial charge in [-0.25, -0.2) is 0 Å². The van der Waals surface area contributed by atoms with Gasteiger partial charge in [-0.1, -0.05) is 385 Å². The van der Waals surface area contributed by atoms with E-state index in [1.165, 1.54) is 353 Å². The lowest BCUT2D eigenvalue weighted by molar-refractivity contribution is -0.161. The van der Waals surface area contributed by atoms with Gasteiger partial charge >= 0.3 is 11.9 Å². The molecule has 0 rings (SSSR count). The molecule has 0 amide bonds. The molecule has 0 aromatic rings. The van der Waals surface area contributed by atoms with E-state index in [-0.39, 0.29) is 25.2 Å². The molecule has 1 unspecified atom stereocenters. The smallest absolute Gasteiger partial charge is 0.306 e. The maximum Gasteiger partial charge on any atom is 0.306 e. The van der Waals surface area contributed by atoms with Gasteiger partial charge in [-0.05, 0) is 44.9 Å². The summed E-state index contributed by atoms with van der Waals surface area (Å²) in [5.41, 5.74) is 0. The third-order valence-electron chi connectivity index (χ3n) is 17.0. The van der Waals surface area contributed by atoms with Crippen molar-refractivity contribution in [3.05, 3.63) is 24.3 Å². The van der Waals surface area contributed by atoms with Crippen LogP contribution in [0.5, 0.6) is 0 Å². The summed E-state index contributed by atoms with van der Waals surface area (Å²) in [5, 5.41) is 9.71. The Labute approximate surface area is 495 Å². The van der Waals surface area contributed by atoms with Crippen LogP contribution in [0.25, 0.3) is 0 Å². The maximum absolute atomic E-state index is 12.4.